The predicted octanol–water partition coefficient (Wildman–Crippen LogP) is 3.49. The summed E-state index contributed by atoms with van der Waals surface area (Å²) >= 11 is 6.04. The molecule has 5 nitrogen and oxygen atoms in total. The summed E-state index contributed by atoms with van der Waals surface area (Å²) in [5.41, 5.74) is 2.09. The molecule has 2 heterocycles. The molecule has 0 unspecified atom stereocenters. The fourth-order valence-electron chi connectivity index (χ4n) is 3.08. The first-order valence-corrected chi connectivity index (χ1v) is 8.70. The largest absolute Gasteiger partial charge is 0.322 e. The monoisotopic (exact) mass is 367 g/mol. The number of H-pyrrole nitrogens is 1. The molecule has 2 aromatic heterocycles. The molecule has 0 aliphatic carbocycles. The number of aryl methyl sites for hydroxylation is 1. The van der Waals surface area contributed by atoms with Gasteiger partial charge in [-0.1, -0.05) is 24.6 Å². The number of rotatable bonds is 4. The SMILES string of the molecule is C[C@H](CCc1ccc(C#N)n(C)c1=O)c1cc2cc(Cl)ccc2[nH]c1=O. The number of hydrogen-bond donors (Lipinski definition) is 1. The number of benzene rings is 1. The molecule has 0 amide bonds. The second kappa shape index (κ2) is 7.19. The fraction of sp³-hybridized carbons (Fsp3) is 0.250. The molecule has 0 radical (unpaired) electrons. The Labute approximate surface area is 155 Å². The van der Waals surface area contributed by atoms with E-state index in [1.165, 1.54) is 4.57 Å². The van der Waals surface area contributed by atoms with Gasteiger partial charge in [0.25, 0.3) is 11.1 Å². The van der Waals surface area contributed by atoms with Gasteiger partial charge in [-0.3, -0.25) is 9.59 Å². The Hall–Kier alpha value is -2.84. The third kappa shape index (κ3) is 3.42. The van der Waals surface area contributed by atoms with Crippen LogP contribution in [0.1, 0.15) is 36.1 Å². The van der Waals surface area contributed by atoms with E-state index in [4.69, 9.17) is 16.9 Å². The van der Waals surface area contributed by atoms with E-state index < -0.39 is 0 Å². The van der Waals surface area contributed by atoms with Crippen LogP contribution in [0.15, 0.2) is 46.0 Å². The Balaban J connectivity index is 1.86. The normalized spacial score (nSPS) is 12.1. The molecule has 6 heteroatoms. The standard InChI is InChI=1S/C20H18ClN3O2/c1-12(3-4-13-5-7-16(11-22)24(2)20(13)26)17-10-14-9-15(21)6-8-18(14)23-19(17)25/h5-10,12H,3-4H2,1-2H3,(H,23,25)/t12-/m1/s1. The van der Waals surface area contributed by atoms with Crippen molar-refractivity contribution < 1.29 is 0 Å². The Bertz CT molecular complexity index is 1140. The summed E-state index contributed by atoms with van der Waals surface area (Å²) < 4.78 is 1.35. The number of nitriles is 1. The van der Waals surface area contributed by atoms with Gasteiger partial charge in [0, 0.05) is 28.7 Å². The minimum Gasteiger partial charge on any atom is -0.322 e. The van der Waals surface area contributed by atoms with E-state index in [0.29, 0.717) is 34.7 Å². The van der Waals surface area contributed by atoms with Crippen molar-refractivity contribution in [2.24, 2.45) is 7.05 Å². The van der Waals surface area contributed by atoms with Gasteiger partial charge in [0.2, 0.25) is 0 Å². The summed E-state index contributed by atoms with van der Waals surface area (Å²) in [6, 6.07) is 12.5. The van der Waals surface area contributed by atoms with Crippen molar-refractivity contribution in [1.29, 1.82) is 5.26 Å². The van der Waals surface area contributed by atoms with Gasteiger partial charge in [-0.15, -0.1) is 0 Å². The molecule has 0 saturated carbocycles. The summed E-state index contributed by atoms with van der Waals surface area (Å²) in [7, 11) is 1.59. The zero-order valence-electron chi connectivity index (χ0n) is 14.5. The molecule has 0 fully saturated rings. The highest BCUT2D eigenvalue weighted by atomic mass is 35.5. The maximum absolute atomic E-state index is 12.4. The van der Waals surface area contributed by atoms with Crippen LogP contribution in [0.3, 0.4) is 0 Å². The lowest BCUT2D eigenvalue weighted by Crippen LogP contribution is -2.23. The molecule has 0 aliphatic heterocycles. The molecule has 132 valence electrons. The number of pyridine rings is 2. The first kappa shape index (κ1) is 18.0. The minimum absolute atomic E-state index is 0.0255. The quantitative estimate of drug-likeness (QED) is 0.766. The van der Waals surface area contributed by atoms with Crippen LogP contribution < -0.4 is 11.1 Å². The van der Waals surface area contributed by atoms with Crippen molar-refractivity contribution in [2.45, 2.75) is 25.7 Å². The van der Waals surface area contributed by atoms with Crippen LogP contribution in [0.5, 0.6) is 0 Å². The van der Waals surface area contributed by atoms with Crippen molar-refractivity contribution in [1.82, 2.24) is 9.55 Å². The zero-order valence-corrected chi connectivity index (χ0v) is 15.3. The van der Waals surface area contributed by atoms with E-state index in [0.717, 1.165) is 10.9 Å². The summed E-state index contributed by atoms with van der Waals surface area (Å²) in [5.74, 6) is -0.0255. The lowest BCUT2D eigenvalue weighted by molar-refractivity contribution is 0.663. The second-order valence-electron chi connectivity index (χ2n) is 6.44. The molecule has 0 bridgehead atoms. The number of fused-ring (bicyclic) bond motifs is 1. The van der Waals surface area contributed by atoms with E-state index in [1.807, 2.05) is 25.1 Å². The van der Waals surface area contributed by atoms with E-state index >= 15 is 0 Å². The molecule has 3 aromatic rings. The molecular weight excluding hydrogens is 350 g/mol. The van der Waals surface area contributed by atoms with Crippen LogP contribution in [0, 0.1) is 11.3 Å². The highest BCUT2D eigenvalue weighted by Gasteiger charge is 2.13. The first-order valence-electron chi connectivity index (χ1n) is 8.32. The van der Waals surface area contributed by atoms with Crippen LogP contribution in [-0.2, 0) is 13.5 Å². The number of hydrogen-bond acceptors (Lipinski definition) is 3. The zero-order chi connectivity index (χ0) is 18.8. The molecular formula is C20H18ClN3O2. The van der Waals surface area contributed by atoms with Crippen LogP contribution in [0.2, 0.25) is 5.02 Å². The van der Waals surface area contributed by atoms with E-state index in [-0.39, 0.29) is 17.0 Å². The number of nitrogens with zero attached hydrogens (tertiary/aromatic N) is 2. The lowest BCUT2D eigenvalue weighted by Gasteiger charge is -2.12. The lowest BCUT2D eigenvalue weighted by atomic mass is 9.94. The van der Waals surface area contributed by atoms with Gasteiger partial charge >= 0.3 is 0 Å². The smallest absolute Gasteiger partial charge is 0.254 e. The topological polar surface area (TPSA) is 78.7 Å². The average molecular weight is 368 g/mol. The molecule has 1 N–H and O–H groups in total. The van der Waals surface area contributed by atoms with Gasteiger partial charge in [0.15, 0.2) is 0 Å². The fourth-order valence-corrected chi connectivity index (χ4v) is 3.26. The van der Waals surface area contributed by atoms with Crippen molar-refractivity contribution >= 4 is 22.5 Å². The highest BCUT2D eigenvalue weighted by Crippen LogP contribution is 2.22. The average Bonchev–Trinajstić information content (AvgIpc) is 2.62. The van der Waals surface area contributed by atoms with Crippen molar-refractivity contribution in [3.05, 3.63) is 78.9 Å². The molecule has 0 spiro atoms. The van der Waals surface area contributed by atoms with E-state index in [2.05, 4.69) is 4.98 Å². The predicted molar refractivity (Wildman–Crippen MR) is 103 cm³/mol. The van der Waals surface area contributed by atoms with Crippen LogP contribution >= 0.6 is 11.6 Å². The van der Waals surface area contributed by atoms with Gasteiger partial charge in [0.1, 0.15) is 11.8 Å². The van der Waals surface area contributed by atoms with Crippen molar-refractivity contribution in [3.63, 3.8) is 0 Å². The Morgan fingerprint density at radius 3 is 2.73 bits per heavy atom. The molecule has 0 aliphatic rings. The molecule has 26 heavy (non-hydrogen) atoms. The number of aromatic amines is 1. The highest BCUT2D eigenvalue weighted by molar-refractivity contribution is 6.31. The van der Waals surface area contributed by atoms with E-state index in [1.54, 1.807) is 31.3 Å². The number of aromatic nitrogens is 2. The number of nitrogens with one attached hydrogen (secondary N) is 1. The molecule has 1 atom stereocenters. The van der Waals surface area contributed by atoms with Gasteiger partial charge in [-0.05, 0) is 54.5 Å². The summed E-state index contributed by atoms with van der Waals surface area (Å²) in [6.07, 6.45) is 1.18. The molecule has 3 rings (SSSR count). The maximum atomic E-state index is 12.4. The second-order valence-corrected chi connectivity index (χ2v) is 6.88. The third-order valence-electron chi connectivity index (χ3n) is 4.71. The third-order valence-corrected chi connectivity index (χ3v) is 4.95. The van der Waals surface area contributed by atoms with Crippen LogP contribution in [0.4, 0.5) is 0 Å². The first-order chi connectivity index (χ1) is 12.4. The van der Waals surface area contributed by atoms with Gasteiger partial charge < -0.3 is 9.55 Å². The summed E-state index contributed by atoms with van der Waals surface area (Å²) in [6.45, 7) is 1.97. The van der Waals surface area contributed by atoms with Crippen LogP contribution in [0.25, 0.3) is 10.9 Å². The molecule has 1 aromatic carbocycles. The summed E-state index contributed by atoms with van der Waals surface area (Å²) in [4.78, 5) is 27.6. The van der Waals surface area contributed by atoms with Crippen molar-refractivity contribution in [3.8, 4) is 6.07 Å². The minimum atomic E-state index is -0.171. The summed E-state index contributed by atoms with van der Waals surface area (Å²) in [5, 5.41) is 10.5. The van der Waals surface area contributed by atoms with Crippen LogP contribution in [-0.4, -0.2) is 9.55 Å². The van der Waals surface area contributed by atoms with Gasteiger partial charge in [-0.2, -0.15) is 5.26 Å². The van der Waals surface area contributed by atoms with E-state index in [9.17, 15) is 9.59 Å². The molecule has 0 saturated heterocycles. The Morgan fingerprint density at radius 2 is 2.00 bits per heavy atom. The van der Waals surface area contributed by atoms with Gasteiger partial charge in [0.05, 0.1) is 0 Å². The Morgan fingerprint density at radius 1 is 1.23 bits per heavy atom. The van der Waals surface area contributed by atoms with Gasteiger partial charge in [-0.25, -0.2) is 0 Å². The number of halogens is 1. The Kier molecular flexibility index (Phi) is 4.97. The van der Waals surface area contributed by atoms with Crippen molar-refractivity contribution in [2.75, 3.05) is 0 Å². The maximum Gasteiger partial charge on any atom is 0.254 e.